The van der Waals surface area contributed by atoms with Crippen molar-refractivity contribution in [1.29, 1.82) is 5.26 Å². The Kier molecular flexibility index (Phi) is 2.25. The molecule has 12 heavy (non-hydrogen) atoms. The summed E-state index contributed by atoms with van der Waals surface area (Å²) in [6.45, 7) is 0. The van der Waals surface area contributed by atoms with Gasteiger partial charge < -0.3 is 0 Å². The van der Waals surface area contributed by atoms with Crippen LogP contribution in [0.5, 0.6) is 0 Å². The van der Waals surface area contributed by atoms with E-state index in [1.807, 2.05) is 0 Å². The second kappa shape index (κ2) is 3.03. The minimum Gasteiger partial charge on any atom is -0.204 e. The lowest BCUT2D eigenvalue weighted by atomic mass is 10.2. The van der Waals surface area contributed by atoms with Crippen LogP contribution < -0.4 is 0 Å². The summed E-state index contributed by atoms with van der Waals surface area (Å²) in [5.74, 6) is -4.62. The number of halogens is 4. The van der Waals surface area contributed by atoms with Gasteiger partial charge in [0.05, 0.1) is 10.6 Å². The minimum atomic E-state index is -1.67. The van der Waals surface area contributed by atoms with Gasteiger partial charge in [0, 0.05) is 0 Å². The summed E-state index contributed by atoms with van der Waals surface area (Å²) in [5.41, 5.74) is -0.423. The third kappa shape index (κ3) is 1.23. The highest BCUT2D eigenvalue weighted by Gasteiger charge is 2.16. The van der Waals surface area contributed by atoms with Gasteiger partial charge in [-0.05, 0) is 6.07 Å². The molecule has 0 amide bonds. The van der Waals surface area contributed by atoms with Gasteiger partial charge in [-0.25, -0.2) is 13.2 Å². The summed E-state index contributed by atoms with van der Waals surface area (Å²) in [7, 11) is 0. The zero-order valence-electron chi connectivity index (χ0n) is 5.54. The number of hydrogen-bond acceptors (Lipinski definition) is 1. The van der Waals surface area contributed by atoms with E-state index in [1.165, 1.54) is 6.07 Å². The van der Waals surface area contributed by atoms with Gasteiger partial charge in [-0.2, -0.15) is 5.26 Å². The van der Waals surface area contributed by atoms with Gasteiger partial charge in [0.25, 0.3) is 0 Å². The highest BCUT2D eigenvalue weighted by molar-refractivity contribution is 6.31. The maximum Gasteiger partial charge on any atom is 0.196 e. The lowest BCUT2D eigenvalue weighted by Gasteiger charge is -1.98. The molecule has 1 aromatic carbocycles. The van der Waals surface area contributed by atoms with Gasteiger partial charge in [-0.15, -0.1) is 0 Å². The quantitative estimate of drug-likeness (QED) is 0.457. The topological polar surface area (TPSA) is 23.8 Å². The number of benzene rings is 1. The van der Waals surface area contributed by atoms with Crippen LogP contribution in [-0.4, -0.2) is 0 Å². The molecule has 0 aliphatic carbocycles. The summed E-state index contributed by atoms with van der Waals surface area (Å²) in [4.78, 5) is 0. The Balaban J connectivity index is 3.52. The molecule has 62 valence electrons. The molecule has 0 fully saturated rings. The molecule has 1 aromatic rings. The Hall–Kier alpha value is -1.21. The van der Waals surface area contributed by atoms with Crippen LogP contribution in [0, 0.1) is 28.8 Å². The van der Waals surface area contributed by atoms with Crippen LogP contribution in [0.1, 0.15) is 5.56 Å². The average Bonchev–Trinajstić information content (AvgIpc) is 2.08. The van der Waals surface area contributed by atoms with Crippen molar-refractivity contribution in [3.05, 3.63) is 34.1 Å². The van der Waals surface area contributed by atoms with Crippen LogP contribution in [-0.2, 0) is 0 Å². The molecule has 0 heterocycles. The van der Waals surface area contributed by atoms with Crippen LogP contribution in [0.3, 0.4) is 0 Å². The fourth-order valence-corrected chi connectivity index (χ4v) is 0.834. The van der Waals surface area contributed by atoms with E-state index < -0.39 is 28.0 Å². The van der Waals surface area contributed by atoms with Gasteiger partial charge in [-0.3, -0.25) is 0 Å². The maximum absolute atomic E-state index is 12.5. The molecule has 0 radical (unpaired) electrons. The normalized spacial score (nSPS) is 9.58. The van der Waals surface area contributed by atoms with Gasteiger partial charge in [0.15, 0.2) is 17.5 Å². The van der Waals surface area contributed by atoms with Crippen LogP contribution >= 0.6 is 11.6 Å². The van der Waals surface area contributed by atoms with E-state index in [4.69, 9.17) is 16.9 Å². The first kappa shape index (κ1) is 8.88. The van der Waals surface area contributed by atoms with Crippen LogP contribution in [0.2, 0.25) is 5.02 Å². The molecule has 5 heteroatoms. The summed E-state index contributed by atoms with van der Waals surface area (Å²) in [6, 6.07) is 1.97. The van der Waals surface area contributed by atoms with Gasteiger partial charge >= 0.3 is 0 Å². The minimum absolute atomic E-state index is 0.423. The number of nitriles is 1. The van der Waals surface area contributed by atoms with E-state index in [9.17, 15) is 13.2 Å². The fraction of sp³-hybridized carbons (Fsp3) is 0. The van der Waals surface area contributed by atoms with E-state index in [0.29, 0.717) is 6.07 Å². The predicted octanol–water partition coefficient (Wildman–Crippen LogP) is 2.63. The summed E-state index contributed by atoms with van der Waals surface area (Å²) < 4.78 is 37.3. The fourth-order valence-electron chi connectivity index (χ4n) is 0.654. The molecule has 0 N–H and O–H groups in total. The van der Waals surface area contributed by atoms with Crippen molar-refractivity contribution < 1.29 is 13.2 Å². The SMILES string of the molecule is N#Cc1cc(F)c(F)c(F)c1Cl. The second-order valence-corrected chi connectivity index (χ2v) is 2.34. The monoisotopic (exact) mass is 191 g/mol. The van der Waals surface area contributed by atoms with E-state index >= 15 is 0 Å². The van der Waals surface area contributed by atoms with Crippen molar-refractivity contribution in [2.24, 2.45) is 0 Å². The van der Waals surface area contributed by atoms with Gasteiger partial charge in [0.1, 0.15) is 6.07 Å². The molecule has 0 aromatic heterocycles. The molecule has 0 saturated heterocycles. The highest BCUT2D eigenvalue weighted by Crippen LogP contribution is 2.23. The predicted molar refractivity (Wildman–Crippen MR) is 36.0 cm³/mol. The van der Waals surface area contributed by atoms with Crippen LogP contribution in [0.15, 0.2) is 6.07 Å². The van der Waals surface area contributed by atoms with Crippen molar-refractivity contribution in [1.82, 2.24) is 0 Å². The first-order valence-corrected chi connectivity index (χ1v) is 3.18. The molecular weight excluding hydrogens is 191 g/mol. The molecule has 0 bridgehead atoms. The Morgan fingerprint density at radius 1 is 1.25 bits per heavy atom. The lowest BCUT2D eigenvalue weighted by molar-refractivity contribution is 0.447. The van der Waals surface area contributed by atoms with E-state index in [2.05, 4.69) is 0 Å². The van der Waals surface area contributed by atoms with Crippen molar-refractivity contribution >= 4 is 11.6 Å². The molecular formula is C7HClF3N. The smallest absolute Gasteiger partial charge is 0.196 e. The summed E-state index contributed by atoms with van der Waals surface area (Å²) in [5, 5.41) is 7.57. The first-order valence-electron chi connectivity index (χ1n) is 2.81. The zero-order valence-corrected chi connectivity index (χ0v) is 6.29. The van der Waals surface area contributed by atoms with Crippen molar-refractivity contribution in [2.75, 3.05) is 0 Å². The molecule has 0 aliphatic heterocycles. The van der Waals surface area contributed by atoms with Crippen LogP contribution in [0.4, 0.5) is 13.2 Å². The Bertz CT molecular complexity index is 370. The zero-order chi connectivity index (χ0) is 9.30. The Morgan fingerprint density at radius 3 is 2.33 bits per heavy atom. The third-order valence-electron chi connectivity index (χ3n) is 1.22. The molecule has 1 nitrogen and oxygen atoms in total. The maximum atomic E-state index is 12.5. The molecule has 0 unspecified atom stereocenters. The molecule has 0 aliphatic rings. The van der Waals surface area contributed by atoms with E-state index in [1.54, 1.807) is 0 Å². The summed E-state index contributed by atoms with van der Waals surface area (Å²) in [6.07, 6.45) is 0. The largest absolute Gasteiger partial charge is 0.204 e. The molecule has 1 rings (SSSR count). The Labute approximate surface area is 71.0 Å². The number of hydrogen-bond donors (Lipinski definition) is 0. The molecule has 0 spiro atoms. The first-order chi connectivity index (χ1) is 5.57. The standard InChI is InChI=1S/C7HClF3N/c8-5-3(2-12)1-4(9)6(10)7(5)11/h1H. The number of rotatable bonds is 0. The van der Waals surface area contributed by atoms with E-state index in [-0.39, 0.29) is 0 Å². The average molecular weight is 192 g/mol. The lowest BCUT2D eigenvalue weighted by Crippen LogP contribution is -1.94. The van der Waals surface area contributed by atoms with Gasteiger partial charge in [-0.1, -0.05) is 11.6 Å². The Morgan fingerprint density at radius 2 is 1.83 bits per heavy atom. The number of nitrogens with zero attached hydrogens (tertiary/aromatic N) is 1. The summed E-state index contributed by atoms with van der Waals surface area (Å²) >= 11 is 5.17. The van der Waals surface area contributed by atoms with Crippen molar-refractivity contribution in [2.45, 2.75) is 0 Å². The highest BCUT2D eigenvalue weighted by atomic mass is 35.5. The van der Waals surface area contributed by atoms with Crippen LogP contribution in [0.25, 0.3) is 0 Å². The second-order valence-electron chi connectivity index (χ2n) is 1.96. The molecule has 0 atom stereocenters. The van der Waals surface area contributed by atoms with E-state index in [0.717, 1.165) is 0 Å². The van der Waals surface area contributed by atoms with Crippen molar-refractivity contribution in [3.8, 4) is 6.07 Å². The third-order valence-corrected chi connectivity index (χ3v) is 1.59. The van der Waals surface area contributed by atoms with Crippen molar-refractivity contribution in [3.63, 3.8) is 0 Å². The van der Waals surface area contributed by atoms with Gasteiger partial charge in [0.2, 0.25) is 0 Å². The molecule has 0 saturated carbocycles.